The minimum Gasteiger partial charge on any atom is -0.390 e. The molecule has 160 valence electrons. The summed E-state index contributed by atoms with van der Waals surface area (Å²) >= 11 is 0. The van der Waals surface area contributed by atoms with Crippen LogP contribution in [0.3, 0.4) is 0 Å². The fourth-order valence-corrected chi connectivity index (χ4v) is 5.62. The van der Waals surface area contributed by atoms with Crippen LogP contribution < -0.4 is 4.90 Å². The highest BCUT2D eigenvalue weighted by Crippen LogP contribution is 2.46. The third kappa shape index (κ3) is 3.59. The molecule has 0 saturated carbocycles. The summed E-state index contributed by atoms with van der Waals surface area (Å²) in [6.07, 6.45) is 2.73. The first-order valence-electron chi connectivity index (χ1n) is 10.1. The van der Waals surface area contributed by atoms with Gasteiger partial charge in [-0.2, -0.15) is 4.31 Å². The zero-order valence-electron chi connectivity index (χ0n) is 16.9. The molecule has 1 N–H and O–H groups in total. The number of rotatable bonds is 5. The van der Waals surface area contributed by atoms with Crippen molar-refractivity contribution in [3.05, 3.63) is 23.8 Å². The Morgan fingerprint density at radius 3 is 2.41 bits per heavy atom. The Balaban J connectivity index is 1.76. The Kier molecular flexibility index (Phi) is 5.23. The lowest BCUT2D eigenvalue weighted by Crippen LogP contribution is -2.48. The number of benzene rings is 1. The third-order valence-electron chi connectivity index (χ3n) is 5.69. The smallest absolute Gasteiger partial charge is 0.292 e. The molecule has 29 heavy (non-hydrogen) atoms. The molecule has 3 aliphatic rings. The van der Waals surface area contributed by atoms with E-state index in [9.17, 15) is 18.3 Å². The number of carbonyl (C=O) groups excluding carboxylic acids is 1. The van der Waals surface area contributed by atoms with Gasteiger partial charge in [0.2, 0.25) is 10.0 Å². The van der Waals surface area contributed by atoms with Crippen molar-refractivity contribution in [2.75, 3.05) is 37.7 Å². The van der Waals surface area contributed by atoms with Crippen molar-refractivity contribution in [1.29, 1.82) is 0 Å². The largest absolute Gasteiger partial charge is 0.390 e. The fourth-order valence-electron chi connectivity index (χ4n) is 4.07. The lowest BCUT2D eigenvalue weighted by atomic mass is 10.1. The summed E-state index contributed by atoms with van der Waals surface area (Å²) in [4.78, 5) is 15.0. The van der Waals surface area contributed by atoms with Gasteiger partial charge in [-0.05, 0) is 57.7 Å². The van der Waals surface area contributed by atoms with Crippen molar-refractivity contribution in [3.63, 3.8) is 0 Å². The number of amides is 1. The van der Waals surface area contributed by atoms with Gasteiger partial charge in [0.15, 0.2) is 0 Å². The molecule has 0 radical (unpaired) electrons. The van der Waals surface area contributed by atoms with Gasteiger partial charge in [-0.25, -0.2) is 8.42 Å². The van der Waals surface area contributed by atoms with Crippen LogP contribution in [0.1, 0.15) is 45.1 Å². The van der Waals surface area contributed by atoms with Crippen LogP contribution in [0.5, 0.6) is 0 Å². The Labute approximate surface area is 171 Å². The fraction of sp³-hybridized carbons (Fsp3) is 0.650. The second-order valence-corrected chi connectivity index (χ2v) is 10.4. The maximum atomic E-state index is 13.3. The Morgan fingerprint density at radius 1 is 1.14 bits per heavy atom. The van der Waals surface area contributed by atoms with Gasteiger partial charge < -0.3 is 19.5 Å². The molecule has 2 saturated heterocycles. The maximum Gasteiger partial charge on any atom is 0.292 e. The minimum atomic E-state index is -3.63. The topological polar surface area (TPSA) is 96.4 Å². The summed E-state index contributed by atoms with van der Waals surface area (Å²) in [6, 6.07) is 4.71. The summed E-state index contributed by atoms with van der Waals surface area (Å²) in [5.74, 6) is -1.98. The average Bonchev–Trinajstić information content (AvgIpc) is 3.29. The summed E-state index contributed by atoms with van der Waals surface area (Å²) in [5, 5.41) is 10.1. The molecular formula is C20H28N2O6S. The summed E-state index contributed by atoms with van der Waals surface area (Å²) in [6.45, 7) is 5.37. The molecule has 1 amide bonds. The highest BCUT2D eigenvalue weighted by atomic mass is 32.2. The summed E-state index contributed by atoms with van der Waals surface area (Å²) < 4.78 is 39.2. The second kappa shape index (κ2) is 7.31. The molecule has 4 rings (SSSR count). The van der Waals surface area contributed by atoms with Crippen LogP contribution in [0, 0.1) is 0 Å². The number of nitrogens with zero attached hydrogens (tertiary/aromatic N) is 2. The van der Waals surface area contributed by atoms with Crippen LogP contribution >= 0.6 is 0 Å². The first-order chi connectivity index (χ1) is 13.7. The van der Waals surface area contributed by atoms with Crippen LogP contribution in [0.15, 0.2) is 23.1 Å². The lowest BCUT2D eigenvalue weighted by Gasteiger charge is -2.33. The van der Waals surface area contributed by atoms with Crippen LogP contribution in [-0.2, 0) is 30.1 Å². The van der Waals surface area contributed by atoms with Gasteiger partial charge in [0.25, 0.3) is 11.7 Å². The molecule has 0 aromatic heterocycles. The van der Waals surface area contributed by atoms with E-state index in [0.717, 1.165) is 12.8 Å². The van der Waals surface area contributed by atoms with Crippen LogP contribution in [0.2, 0.25) is 0 Å². The minimum absolute atomic E-state index is 0.146. The normalized spacial score (nSPS) is 22.4. The van der Waals surface area contributed by atoms with E-state index in [-0.39, 0.29) is 17.3 Å². The van der Waals surface area contributed by atoms with E-state index in [2.05, 4.69) is 0 Å². The third-order valence-corrected chi connectivity index (χ3v) is 7.58. The Bertz CT molecular complexity index is 896. The first-order valence-corrected chi connectivity index (χ1v) is 11.6. The van der Waals surface area contributed by atoms with Crippen molar-refractivity contribution in [3.8, 4) is 0 Å². The molecule has 3 aliphatic heterocycles. The monoisotopic (exact) mass is 424 g/mol. The maximum absolute atomic E-state index is 13.3. The quantitative estimate of drug-likeness (QED) is 0.771. The summed E-state index contributed by atoms with van der Waals surface area (Å²) in [5.41, 5.74) is 0.0588. The number of anilines is 1. The van der Waals surface area contributed by atoms with E-state index in [1.165, 1.54) is 15.3 Å². The van der Waals surface area contributed by atoms with Crippen LogP contribution in [0.25, 0.3) is 0 Å². The molecule has 1 spiro atoms. The average molecular weight is 425 g/mol. The standard InChI is InChI=1S/C20H28N2O6S/c1-19(2,24)8-11-22-17-7-6-15(29(25,26)21-9-3-4-10-21)14-16(17)20(18(22)23)27-12-5-13-28-20/h6-7,14,24H,3-5,8-13H2,1-2H3. The van der Waals surface area contributed by atoms with Gasteiger partial charge in [-0.1, -0.05) is 0 Å². The molecule has 0 bridgehead atoms. The molecule has 1 aromatic rings. The van der Waals surface area contributed by atoms with E-state index in [1.807, 2.05) is 0 Å². The number of sulfonamides is 1. The second-order valence-electron chi connectivity index (χ2n) is 8.48. The highest BCUT2D eigenvalue weighted by Gasteiger charge is 2.55. The highest BCUT2D eigenvalue weighted by molar-refractivity contribution is 7.89. The van der Waals surface area contributed by atoms with E-state index < -0.39 is 21.4 Å². The van der Waals surface area contributed by atoms with E-state index >= 15 is 0 Å². The predicted octanol–water partition coefficient (Wildman–Crippen LogP) is 1.57. The number of carbonyl (C=O) groups is 1. The van der Waals surface area contributed by atoms with Gasteiger partial charge in [-0.3, -0.25) is 4.79 Å². The van der Waals surface area contributed by atoms with Gasteiger partial charge >= 0.3 is 0 Å². The Hall–Kier alpha value is -1.52. The molecule has 0 aliphatic carbocycles. The number of hydrogen-bond acceptors (Lipinski definition) is 6. The van der Waals surface area contributed by atoms with Crippen molar-refractivity contribution in [1.82, 2.24) is 4.31 Å². The lowest BCUT2D eigenvalue weighted by molar-refractivity contribution is -0.256. The molecule has 0 atom stereocenters. The molecule has 9 heteroatoms. The molecule has 8 nitrogen and oxygen atoms in total. The van der Waals surface area contributed by atoms with Crippen LogP contribution in [-0.4, -0.2) is 62.2 Å². The zero-order chi connectivity index (χ0) is 20.9. The van der Waals surface area contributed by atoms with E-state index in [4.69, 9.17) is 9.47 Å². The van der Waals surface area contributed by atoms with Crippen LogP contribution in [0.4, 0.5) is 5.69 Å². The molecule has 3 heterocycles. The number of ether oxygens (including phenoxy) is 2. The van der Waals surface area contributed by atoms with Crippen molar-refractivity contribution < 1.29 is 27.8 Å². The zero-order valence-corrected chi connectivity index (χ0v) is 17.7. The van der Waals surface area contributed by atoms with Crippen molar-refractivity contribution in [2.45, 2.75) is 55.8 Å². The van der Waals surface area contributed by atoms with Gasteiger partial charge in [0.05, 0.1) is 29.4 Å². The number of aliphatic hydroxyl groups is 1. The van der Waals surface area contributed by atoms with E-state index in [1.54, 1.807) is 26.0 Å². The van der Waals surface area contributed by atoms with Crippen molar-refractivity contribution >= 4 is 21.6 Å². The van der Waals surface area contributed by atoms with Crippen molar-refractivity contribution in [2.24, 2.45) is 0 Å². The van der Waals surface area contributed by atoms with E-state index in [0.29, 0.717) is 50.4 Å². The summed E-state index contributed by atoms with van der Waals surface area (Å²) in [7, 11) is -3.63. The van der Waals surface area contributed by atoms with Gasteiger partial charge in [-0.15, -0.1) is 0 Å². The molecule has 1 aromatic carbocycles. The number of fused-ring (bicyclic) bond motifs is 2. The van der Waals surface area contributed by atoms with Gasteiger partial charge in [0.1, 0.15) is 0 Å². The van der Waals surface area contributed by atoms with Gasteiger partial charge in [0, 0.05) is 25.2 Å². The number of hydrogen-bond donors (Lipinski definition) is 1. The first kappa shape index (κ1) is 20.7. The predicted molar refractivity (Wildman–Crippen MR) is 106 cm³/mol. The Morgan fingerprint density at radius 2 is 1.79 bits per heavy atom. The SMILES string of the molecule is CC(C)(O)CCN1C(=O)C2(OCCCO2)c2cc(S(=O)(=O)N3CCCC3)ccc21. The molecule has 2 fully saturated rings. The molecular weight excluding hydrogens is 396 g/mol. The molecule has 0 unspecified atom stereocenters.